The van der Waals surface area contributed by atoms with Gasteiger partial charge in [-0.3, -0.25) is 4.79 Å². The van der Waals surface area contributed by atoms with Crippen LogP contribution in [0.15, 0.2) is 18.2 Å². The van der Waals surface area contributed by atoms with Gasteiger partial charge in [0.2, 0.25) is 5.91 Å². The molecule has 0 spiro atoms. The fraction of sp³-hybridized carbons (Fsp3) is 0.562. The number of ether oxygens (including phenoxy) is 1. The van der Waals surface area contributed by atoms with Gasteiger partial charge in [-0.25, -0.2) is 0 Å². The van der Waals surface area contributed by atoms with Gasteiger partial charge in [0.1, 0.15) is 17.5 Å². The maximum Gasteiger partial charge on any atom is 1.00 e. The Morgan fingerprint density at radius 3 is 2.50 bits per heavy atom. The van der Waals surface area contributed by atoms with Crippen molar-refractivity contribution in [1.29, 1.82) is 0 Å². The van der Waals surface area contributed by atoms with Crippen molar-refractivity contribution in [3.05, 3.63) is 29.3 Å². The summed E-state index contributed by atoms with van der Waals surface area (Å²) in [5.41, 5.74) is 0.531. The number of phosphoric ester groups is 1. The van der Waals surface area contributed by atoms with Gasteiger partial charge in [-0.15, -0.1) is 0 Å². The van der Waals surface area contributed by atoms with Gasteiger partial charge in [-0.2, -0.15) is 0 Å². The second kappa shape index (κ2) is 8.95. The SMILES string of the molecule is Cc1ccc2c(c1)[C@@H](N1CCCC1=O)[C@H](OP(=O)([O-])[O-])C(C)(C)O2.[Na+].[Na+]. The molecule has 1 amide bonds. The van der Waals surface area contributed by atoms with Crippen molar-refractivity contribution in [3.8, 4) is 5.75 Å². The molecular weight excluding hydrogens is 379 g/mol. The first-order valence-corrected chi connectivity index (χ1v) is 9.34. The van der Waals surface area contributed by atoms with E-state index in [0.717, 1.165) is 5.56 Å². The number of fused-ring (bicyclic) bond motifs is 1. The zero-order chi connectivity index (χ0) is 17.7. The monoisotopic (exact) mass is 399 g/mol. The van der Waals surface area contributed by atoms with Gasteiger partial charge in [0.25, 0.3) is 0 Å². The Kier molecular flexibility index (Phi) is 8.48. The van der Waals surface area contributed by atoms with Crippen molar-refractivity contribution in [2.24, 2.45) is 0 Å². The molecule has 132 valence electrons. The van der Waals surface area contributed by atoms with Crippen LogP contribution in [0.2, 0.25) is 0 Å². The Labute approximate surface area is 197 Å². The third kappa shape index (κ3) is 5.15. The molecule has 0 aromatic heterocycles. The second-order valence-electron chi connectivity index (χ2n) is 6.86. The molecular formula is C16H20NNa2O6P. The normalized spacial score (nSPS) is 24.2. The topological polar surface area (TPSA) is 102 Å². The largest absolute Gasteiger partial charge is 1.00 e. The summed E-state index contributed by atoms with van der Waals surface area (Å²) in [7, 11) is -5.25. The summed E-state index contributed by atoms with van der Waals surface area (Å²) in [5, 5.41) is 0. The number of benzene rings is 1. The Morgan fingerprint density at radius 1 is 1.31 bits per heavy atom. The third-order valence-corrected chi connectivity index (χ3v) is 5.00. The van der Waals surface area contributed by atoms with E-state index in [-0.39, 0.29) is 65.0 Å². The number of phosphoric acid groups is 1. The first-order chi connectivity index (χ1) is 11.1. The number of amides is 1. The number of carbonyl (C=O) groups is 1. The number of rotatable bonds is 3. The van der Waals surface area contributed by atoms with Crippen molar-refractivity contribution in [3.63, 3.8) is 0 Å². The Bertz CT molecular complexity index is 723. The molecule has 0 aliphatic carbocycles. The summed E-state index contributed by atoms with van der Waals surface area (Å²) in [6.45, 7) is 5.70. The van der Waals surface area contributed by atoms with Crippen molar-refractivity contribution < 1.29 is 87.5 Å². The van der Waals surface area contributed by atoms with Crippen LogP contribution in [0.1, 0.15) is 43.9 Å². The van der Waals surface area contributed by atoms with E-state index in [2.05, 4.69) is 0 Å². The predicted octanol–water partition coefficient (Wildman–Crippen LogP) is -4.95. The van der Waals surface area contributed by atoms with Crippen LogP contribution >= 0.6 is 7.82 Å². The van der Waals surface area contributed by atoms with Gasteiger partial charge >= 0.3 is 59.1 Å². The molecule has 2 aliphatic rings. The zero-order valence-electron chi connectivity index (χ0n) is 15.9. The number of hydrogen-bond acceptors (Lipinski definition) is 6. The molecule has 2 heterocycles. The minimum atomic E-state index is -5.25. The van der Waals surface area contributed by atoms with E-state index in [1.807, 2.05) is 19.1 Å². The smallest absolute Gasteiger partial charge is 0.790 e. The molecule has 1 fully saturated rings. The Morgan fingerprint density at radius 2 is 1.96 bits per heavy atom. The summed E-state index contributed by atoms with van der Waals surface area (Å²) in [4.78, 5) is 36.5. The molecule has 7 nitrogen and oxygen atoms in total. The van der Waals surface area contributed by atoms with Crippen LogP contribution in [-0.2, 0) is 13.9 Å². The molecule has 1 aromatic carbocycles. The van der Waals surface area contributed by atoms with Gasteiger partial charge in [0.15, 0.2) is 0 Å². The molecule has 0 radical (unpaired) electrons. The molecule has 0 bridgehead atoms. The number of carbonyl (C=O) groups excluding carboxylic acids is 1. The number of nitrogens with zero attached hydrogens (tertiary/aromatic N) is 1. The van der Waals surface area contributed by atoms with Gasteiger partial charge < -0.3 is 28.5 Å². The van der Waals surface area contributed by atoms with Crippen LogP contribution in [0.3, 0.4) is 0 Å². The van der Waals surface area contributed by atoms with Crippen molar-refractivity contribution in [2.45, 2.75) is 51.4 Å². The fourth-order valence-electron chi connectivity index (χ4n) is 3.49. The molecule has 1 saturated heterocycles. The molecule has 2 aliphatic heterocycles. The first-order valence-electron chi connectivity index (χ1n) is 7.88. The average Bonchev–Trinajstić information content (AvgIpc) is 2.85. The molecule has 2 atom stereocenters. The van der Waals surface area contributed by atoms with Crippen LogP contribution in [-0.4, -0.2) is 29.1 Å². The van der Waals surface area contributed by atoms with Crippen LogP contribution in [0.4, 0.5) is 0 Å². The van der Waals surface area contributed by atoms with E-state index in [4.69, 9.17) is 9.26 Å². The van der Waals surface area contributed by atoms with Gasteiger partial charge in [0, 0.05) is 18.5 Å². The predicted molar refractivity (Wildman–Crippen MR) is 82.1 cm³/mol. The van der Waals surface area contributed by atoms with E-state index in [9.17, 15) is 19.1 Å². The van der Waals surface area contributed by atoms with Crippen molar-refractivity contribution in [2.75, 3.05) is 6.54 Å². The summed E-state index contributed by atoms with van der Waals surface area (Å²) in [5.74, 6) is 0.493. The van der Waals surface area contributed by atoms with E-state index in [1.165, 1.54) is 0 Å². The maximum absolute atomic E-state index is 12.3. The minimum Gasteiger partial charge on any atom is -0.790 e. The molecule has 26 heavy (non-hydrogen) atoms. The van der Waals surface area contributed by atoms with E-state index >= 15 is 0 Å². The van der Waals surface area contributed by atoms with E-state index < -0.39 is 25.6 Å². The molecule has 3 rings (SSSR count). The average molecular weight is 399 g/mol. The number of hydrogen-bond donors (Lipinski definition) is 0. The van der Waals surface area contributed by atoms with Gasteiger partial charge in [-0.1, -0.05) is 17.7 Å². The maximum atomic E-state index is 12.3. The Hall–Kier alpha value is 0.600. The third-order valence-electron chi connectivity index (χ3n) is 4.52. The molecule has 1 aromatic rings. The van der Waals surface area contributed by atoms with Crippen LogP contribution in [0.5, 0.6) is 5.75 Å². The quantitative estimate of drug-likeness (QED) is 0.373. The van der Waals surface area contributed by atoms with E-state index in [1.54, 1.807) is 24.8 Å². The van der Waals surface area contributed by atoms with E-state index in [0.29, 0.717) is 30.7 Å². The molecule has 0 unspecified atom stereocenters. The number of likely N-dealkylation sites (tertiary alicyclic amines) is 1. The summed E-state index contributed by atoms with van der Waals surface area (Å²) in [6.07, 6.45) is -0.00992. The molecule has 0 N–H and O–H groups in total. The summed E-state index contributed by atoms with van der Waals surface area (Å²) >= 11 is 0. The minimum absolute atomic E-state index is 0. The molecule has 10 heteroatoms. The summed E-state index contributed by atoms with van der Waals surface area (Å²) in [6, 6.07) is 4.85. The second-order valence-corrected chi connectivity index (χ2v) is 7.96. The Balaban J connectivity index is 0.00000169. The van der Waals surface area contributed by atoms with Crippen molar-refractivity contribution >= 4 is 13.7 Å². The first kappa shape index (κ1) is 24.6. The van der Waals surface area contributed by atoms with Crippen LogP contribution in [0.25, 0.3) is 0 Å². The van der Waals surface area contributed by atoms with Gasteiger partial charge in [-0.05, 0) is 33.3 Å². The zero-order valence-corrected chi connectivity index (χ0v) is 20.7. The van der Waals surface area contributed by atoms with Gasteiger partial charge in [0.05, 0.1) is 13.9 Å². The summed E-state index contributed by atoms with van der Waals surface area (Å²) < 4.78 is 22.1. The van der Waals surface area contributed by atoms with Crippen LogP contribution in [0, 0.1) is 6.92 Å². The standard InChI is InChI=1S/C16H22NO6P.2Na/c1-10-6-7-12-11(9-10)14(17-8-4-5-13(17)18)15(16(2,3)22-12)23-24(19,20)21;;/h6-7,9,14-15H,4-5,8H2,1-3H3,(H2,19,20,21);;/q;2*+1/p-2/t14-,15+;;/m1../s1. The van der Waals surface area contributed by atoms with Crippen molar-refractivity contribution in [1.82, 2.24) is 4.90 Å². The van der Waals surface area contributed by atoms with Crippen LogP contribution < -0.4 is 73.6 Å². The number of aryl methyl sites for hydroxylation is 1. The fourth-order valence-corrected chi connectivity index (χ4v) is 4.14. The molecule has 0 saturated carbocycles.